The Labute approximate surface area is 284 Å². The molecule has 0 heterocycles. The molecule has 0 saturated heterocycles. The van der Waals surface area contributed by atoms with Gasteiger partial charge in [0, 0.05) is 0 Å². The minimum absolute atomic E-state index is 0.162. The third kappa shape index (κ3) is 11.0. The molecule has 0 saturated carbocycles. The molecular weight excluding hydrogens is 622 g/mol. The van der Waals surface area contributed by atoms with Gasteiger partial charge in [0.15, 0.2) is 0 Å². The molecule has 2 atom stereocenters. The summed E-state index contributed by atoms with van der Waals surface area (Å²) >= 11 is 0. The van der Waals surface area contributed by atoms with Gasteiger partial charge in [-0.05, 0) is 67.0 Å². The van der Waals surface area contributed by atoms with E-state index >= 15 is 0 Å². The summed E-state index contributed by atoms with van der Waals surface area (Å²) in [6.45, 7) is 13.5. The molecule has 0 aliphatic carbocycles. The first kappa shape index (κ1) is 36.9. The van der Waals surface area contributed by atoms with E-state index in [2.05, 4.69) is 70.2 Å². The quantitative estimate of drug-likeness (QED) is 0.0732. The van der Waals surface area contributed by atoms with Crippen molar-refractivity contribution < 1.29 is 22.7 Å². The number of rotatable bonds is 19. The number of hydrogen-bond acceptors (Lipinski definition) is 5. The molecule has 47 heavy (non-hydrogen) atoms. The van der Waals surface area contributed by atoms with Crippen LogP contribution in [-0.2, 0) is 31.4 Å². The zero-order chi connectivity index (χ0) is 33.7. The number of unbranched alkanes of at least 4 members (excludes halogenated alkanes) is 3. The Hall–Kier alpha value is -2.94. The van der Waals surface area contributed by atoms with E-state index in [-0.39, 0.29) is 18.2 Å². The zero-order valence-corrected chi connectivity index (χ0v) is 30.8. The first-order valence-electron chi connectivity index (χ1n) is 17.0. The molecule has 2 unspecified atom stereocenters. The fourth-order valence-electron chi connectivity index (χ4n) is 5.70. The number of benzene rings is 4. The van der Waals surface area contributed by atoms with E-state index in [0.717, 1.165) is 46.2 Å². The summed E-state index contributed by atoms with van der Waals surface area (Å²) in [6, 6.07) is 32.6. The van der Waals surface area contributed by atoms with Gasteiger partial charge in [0.2, 0.25) is 8.38 Å². The van der Waals surface area contributed by atoms with E-state index in [0.29, 0.717) is 24.3 Å². The Bertz CT molecular complexity index is 1570. The third-order valence-electron chi connectivity index (χ3n) is 8.22. The average Bonchev–Trinajstić information content (AvgIpc) is 3.04. The van der Waals surface area contributed by atoms with Gasteiger partial charge >= 0.3 is 7.60 Å². The van der Waals surface area contributed by atoms with E-state index in [1.807, 2.05) is 68.4 Å². The molecule has 252 valence electrons. The fraction of sp³-hybridized carbons (Fsp3) is 0.400. The lowest BCUT2D eigenvalue weighted by atomic mass is 9.79. The maximum absolute atomic E-state index is 14.6. The van der Waals surface area contributed by atoms with E-state index < -0.39 is 16.0 Å². The fourth-order valence-corrected chi connectivity index (χ4v) is 8.77. The molecule has 0 N–H and O–H groups in total. The van der Waals surface area contributed by atoms with Crippen LogP contribution in [0.25, 0.3) is 11.1 Å². The highest BCUT2D eigenvalue weighted by Crippen LogP contribution is 2.57. The van der Waals surface area contributed by atoms with Crippen LogP contribution < -0.4 is 9.05 Å². The van der Waals surface area contributed by atoms with Crippen molar-refractivity contribution in [3.05, 3.63) is 119 Å². The van der Waals surface area contributed by atoms with E-state index in [1.165, 1.54) is 19.3 Å². The van der Waals surface area contributed by atoms with Crippen molar-refractivity contribution >= 4 is 16.0 Å². The maximum atomic E-state index is 14.6. The Morgan fingerprint density at radius 1 is 0.745 bits per heavy atom. The summed E-state index contributed by atoms with van der Waals surface area (Å²) in [7, 11) is -4.97. The number of aryl methyl sites for hydroxylation is 1. The van der Waals surface area contributed by atoms with Gasteiger partial charge in [0.05, 0.1) is 31.1 Å². The molecule has 4 rings (SSSR count). The summed E-state index contributed by atoms with van der Waals surface area (Å²) < 4.78 is 40.4. The lowest BCUT2D eigenvalue weighted by Crippen LogP contribution is -2.18. The minimum Gasteiger partial charge on any atom is -0.446 e. The minimum atomic E-state index is -3.63. The molecule has 0 aliphatic rings. The smallest absolute Gasteiger partial charge is 0.383 e. The predicted molar refractivity (Wildman–Crippen MR) is 198 cm³/mol. The molecule has 4 aromatic rings. The van der Waals surface area contributed by atoms with Crippen LogP contribution in [0.5, 0.6) is 11.5 Å². The van der Waals surface area contributed by atoms with Crippen molar-refractivity contribution in [1.82, 2.24) is 0 Å². The van der Waals surface area contributed by atoms with Gasteiger partial charge < -0.3 is 13.6 Å². The largest absolute Gasteiger partial charge is 0.446 e. The van der Waals surface area contributed by atoms with Crippen LogP contribution in [-0.4, -0.2) is 13.2 Å². The molecule has 7 heteroatoms. The van der Waals surface area contributed by atoms with Crippen molar-refractivity contribution in [1.29, 1.82) is 0 Å². The van der Waals surface area contributed by atoms with Crippen LogP contribution in [0.4, 0.5) is 0 Å². The van der Waals surface area contributed by atoms with Crippen LogP contribution in [0.15, 0.2) is 97.1 Å². The van der Waals surface area contributed by atoms with E-state index in [4.69, 9.17) is 18.1 Å². The monoisotopic (exact) mass is 674 g/mol. The van der Waals surface area contributed by atoms with E-state index in [9.17, 15) is 4.57 Å². The van der Waals surface area contributed by atoms with Gasteiger partial charge in [-0.15, -0.1) is 0 Å². The van der Waals surface area contributed by atoms with E-state index in [1.54, 1.807) is 0 Å². The average molecular weight is 675 g/mol. The van der Waals surface area contributed by atoms with Gasteiger partial charge in [-0.2, -0.15) is 0 Å². The summed E-state index contributed by atoms with van der Waals surface area (Å²) in [5.74, 6) is 1.17. The molecule has 5 nitrogen and oxygen atoms in total. The topological polar surface area (TPSA) is 54.0 Å². The van der Waals surface area contributed by atoms with Gasteiger partial charge in [-0.3, -0.25) is 4.52 Å². The highest BCUT2D eigenvalue weighted by molar-refractivity contribution is 7.53. The van der Waals surface area contributed by atoms with Crippen LogP contribution in [0, 0.1) is 6.92 Å². The number of hydrogen-bond donors (Lipinski definition) is 0. The maximum Gasteiger partial charge on any atom is 0.383 e. The second-order valence-corrected chi connectivity index (χ2v) is 16.1. The second kappa shape index (κ2) is 18.0. The molecule has 0 amide bonds. The van der Waals surface area contributed by atoms with Crippen LogP contribution in [0.2, 0.25) is 0 Å². The van der Waals surface area contributed by atoms with Crippen molar-refractivity contribution in [2.24, 2.45) is 0 Å². The zero-order valence-electron chi connectivity index (χ0n) is 29.0. The van der Waals surface area contributed by atoms with Crippen LogP contribution >= 0.6 is 16.0 Å². The second-order valence-electron chi connectivity index (χ2n) is 12.7. The van der Waals surface area contributed by atoms with Gasteiger partial charge in [0.25, 0.3) is 0 Å². The Balaban J connectivity index is 1.89. The third-order valence-corrected chi connectivity index (χ3v) is 11.7. The van der Waals surface area contributed by atoms with Crippen molar-refractivity contribution in [3.63, 3.8) is 0 Å². The normalized spacial score (nSPS) is 13.6. The summed E-state index contributed by atoms with van der Waals surface area (Å²) in [6.07, 6.45) is 6.54. The Morgan fingerprint density at radius 3 is 2.06 bits per heavy atom. The molecule has 0 aromatic heterocycles. The van der Waals surface area contributed by atoms with Crippen molar-refractivity contribution in [2.75, 3.05) is 13.2 Å². The van der Waals surface area contributed by atoms with Crippen LogP contribution in [0.1, 0.15) is 89.0 Å². The summed E-state index contributed by atoms with van der Waals surface area (Å²) in [5, 5.41) is 0. The van der Waals surface area contributed by atoms with Gasteiger partial charge in [-0.25, -0.2) is 4.57 Å². The Morgan fingerprint density at radius 2 is 1.43 bits per heavy atom. The molecule has 0 bridgehead atoms. The molecule has 0 radical (unpaired) electrons. The summed E-state index contributed by atoms with van der Waals surface area (Å²) in [5.41, 5.74) is 5.73. The van der Waals surface area contributed by atoms with Crippen molar-refractivity contribution in [3.8, 4) is 22.6 Å². The molecule has 0 aliphatic heterocycles. The SMILES string of the molecule is CCCCCCC(C)(C)c1cc(OP(Cc2ccccc2)OCC)c(-c2cccc(C)c2)c(OP(=O)(Cc2ccccc2)OCC)c1. The standard InChI is InChI=1S/C40H52O5P2/c1-7-10-11-18-26-40(5,6)36-28-37(44-46(42-8-2)30-33-21-14-12-15-22-33)39(35-25-19-20-32(4)27-35)38(29-36)45-47(41,43-9-3)31-34-23-16-13-17-24-34/h12-17,19-25,27-29H,7-11,18,26,30-31H2,1-6H3. The molecular formula is C40H52O5P2. The Kier molecular flexibility index (Phi) is 14.1. The lowest BCUT2D eigenvalue weighted by Gasteiger charge is -2.30. The molecule has 4 aromatic carbocycles. The first-order chi connectivity index (χ1) is 22.7. The molecule has 0 fully saturated rings. The van der Waals surface area contributed by atoms with Gasteiger partial charge in [0.1, 0.15) is 11.5 Å². The summed E-state index contributed by atoms with van der Waals surface area (Å²) in [4.78, 5) is 0. The van der Waals surface area contributed by atoms with Crippen LogP contribution in [0.3, 0.4) is 0 Å². The lowest BCUT2D eigenvalue weighted by molar-refractivity contribution is 0.278. The van der Waals surface area contributed by atoms with Crippen molar-refractivity contribution in [2.45, 2.75) is 91.4 Å². The molecule has 0 spiro atoms. The first-order valence-corrected chi connectivity index (χ1v) is 20.1. The highest BCUT2D eigenvalue weighted by Gasteiger charge is 2.32. The highest BCUT2D eigenvalue weighted by atomic mass is 31.2. The van der Waals surface area contributed by atoms with Gasteiger partial charge in [-0.1, -0.05) is 137 Å². The predicted octanol–water partition coefficient (Wildman–Crippen LogP) is 12.6.